The van der Waals surface area contributed by atoms with E-state index in [1.54, 1.807) is 30.3 Å². The first-order valence-corrected chi connectivity index (χ1v) is 8.02. The third-order valence-electron chi connectivity index (χ3n) is 4.17. The van der Waals surface area contributed by atoms with Crippen molar-refractivity contribution in [3.63, 3.8) is 0 Å². The Kier molecular flexibility index (Phi) is 5.04. The topological polar surface area (TPSA) is 78.1 Å². The number of ether oxygens (including phenoxy) is 2. The first-order valence-electron chi connectivity index (χ1n) is 8.02. The maximum absolute atomic E-state index is 13.9. The van der Waals surface area contributed by atoms with E-state index in [0.29, 0.717) is 11.3 Å². The third-order valence-corrected chi connectivity index (χ3v) is 4.17. The first kappa shape index (κ1) is 18.7. The average molecular weight is 373 g/mol. The molecule has 1 heterocycles. The van der Waals surface area contributed by atoms with Gasteiger partial charge in [-0.3, -0.25) is 5.32 Å². The fraction of sp³-hybridized carbons (Fsp3) is 0.263. The van der Waals surface area contributed by atoms with Crippen molar-refractivity contribution in [1.29, 1.82) is 10.5 Å². The number of nitrogens with one attached hydrogen (secondary N) is 1. The van der Waals surface area contributed by atoms with Gasteiger partial charge in [-0.25, -0.2) is 0 Å². The minimum Gasteiger partial charge on any atom is -0.491 e. The van der Waals surface area contributed by atoms with Crippen LogP contribution in [-0.4, -0.2) is 25.4 Å². The van der Waals surface area contributed by atoms with E-state index in [0.717, 1.165) is 0 Å². The summed E-state index contributed by atoms with van der Waals surface area (Å²) in [5.41, 5.74) is -2.71. The van der Waals surface area contributed by atoms with E-state index in [-0.39, 0.29) is 24.3 Å². The van der Waals surface area contributed by atoms with Crippen molar-refractivity contribution >= 4 is 0 Å². The summed E-state index contributed by atoms with van der Waals surface area (Å²) in [7, 11) is 0. The van der Waals surface area contributed by atoms with Crippen LogP contribution in [0.25, 0.3) is 0 Å². The minimum absolute atomic E-state index is 0.102. The highest BCUT2D eigenvalue weighted by Gasteiger charge is 2.62. The van der Waals surface area contributed by atoms with Crippen molar-refractivity contribution in [3.05, 3.63) is 65.2 Å². The highest BCUT2D eigenvalue weighted by molar-refractivity contribution is 5.42. The van der Waals surface area contributed by atoms with Crippen molar-refractivity contribution in [2.24, 2.45) is 0 Å². The smallest absolute Gasteiger partial charge is 0.435 e. The maximum atomic E-state index is 13.9. The second-order valence-corrected chi connectivity index (χ2v) is 5.90. The molecule has 0 spiro atoms. The van der Waals surface area contributed by atoms with Gasteiger partial charge in [-0.05, 0) is 30.3 Å². The summed E-state index contributed by atoms with van der Waals surface area (Å²) in [6.45, 7) is -0.221. The van der Waals surface area contributed by atoms with Crippen molar-refractivity contribution in [1.82, 2.24) is 5.32 Å². The molecule has 1 aliphatic rings. The SMILES string of the molecule is N#Cc1ccc(OC[C@@H]2CN[C@@](c3ccccc3C#N)(C(F)(F)F)O2)cc1. The molecule has 3 rings (SSSR count). The van der Waals surface area contributed by atoms with Gasteiger partial charge in [-0.2, -0.15) is 23.7 Å². The van der Waals surface area contributed by atoms with Crippen LogP contribution >= 0.6 is 0 Å². The second-order valence-electron chi connectivity index (χ2n) is 5.90. The molecule has 1 fully saturated rings. The molecular formula is C19H14F3N3O2. The molecule has 0 aliphatic carbocycles. The Hall–Kier alpha value is -3.07. The van der Waals surface area contributed by atoms with Crippen molar-refractivity contribution < 1.29 is 22.6 Å². The highest BCUT2D eigenvalue weighted by Crippen LogP contribution is 2.44. The summed E-state index contributed by atoms with van der Waals surface area (Å²) in [6, 6.07) is 15.4. The van der Waals surface area contributed by atoms with Crippen LogP contribution < -0.4 is 10.1 Å². The lowest BCUT2D eigenvalue weighted by molar-refractivity contribution is -0.287. The quantitative estimate of drug-likeness (QED) is 0.890. The number of nitrogens with zero attached hydrogens (tertiary/aromatic N) is 2. The van der Waals surface area contributed by atoms with Gasteiger partial charge in [0.25, 0.3) is 0 Å². The first-order chi connectivity index (χ1) is 12.9. The molecule has 5 nitrogen and oxygen atoms in total. The fourth-order valence-electron chi connectivity index (χ4n) is 2.86. The molecule has 2 aromatic carbocycles. The lowest BCUT2D eigenvalue weighted by Gasteiger charge is -2.32. The zero-order valence-corrected chi connectivity index (χ0v) is 14.0. The Morgan fingerprint density at radius 2 is 1.81 bits per heavy atom. The normalized spacial score (nSPS) is 22.0. The molecule has 0 radical (unpaired) electrons. The fourth-order valence-corrected chi connectivity index (χ4v) is 2.86. The summed E-state index contributed by atoms with van der Waals surface area (Å²) in [5.74, 6) is 0.416. The molecule has 1 saturated heterocycles. The summed E-state index contributed by atoms with van der Waals surface area (Å²) < 4.78 is 52.4. The van der Waals surface area contributed by atoms with E-state index in [4.69, 9.17) is 14.7 Å². The standard InChI is InChI=1S/C19H14F3N3O2/c20-19(21,22)18(17-4-2-1-3-14(17)10-24)25-11-16(27-18)12-26-15-7-5-13(9-23)6-8-15/h1-8,16,25H,11-12H2/t16-,18+/m0/s1. The Bertz CT molecular complexity index is 900. The number of hydrogen-bond donors (Lipinski definition) is 1. The van der Waals surface area contributed by atoms with Gasteiger partial charge in [-0.15, -0.1) is 0 Å². The van der Waals surface area contributed by atoms with Crippen LogP contribution in [0.15, 0.2) is 48.5 Å². The predicted octanol–water partition coefficient (Wildman–Crippen LogP) is 3.21. The molecule has 138 valence electrons. The van der Waals surface area contributed by atoms with Gasteiger partial charge in [0.2, 0.25) is 5.72 Å². The Morgan fingerprint density at radius 3 is 2.44 bits per heavy atom. The summed E-state index contributed by atoms with van der Waals surface area (Å²) in [5, 5.41) is 20.3. The summed E-state index contributed by atoms with van der Waals surface area (Å²) in [4.78, 5) is 0. The lowest BCUT2D eigenvalue weighted by atomic mass is 9.97. The molecule has 8 heteroatoms. The minimum atomic E-state index is -4.77. The number of hydrogen-bond acceptors (Lipinski definition) is 5. The van der Waals surface area contributed by atoms with Crippen LogP contribution in [0.1, 0.15) is 16.7 Å². The van der Waals surface area contributed by atoms with Gasteiger partial charge < -0.3 is 9.47 Å². The van der Waals surface area contributed by atoms with Crippen molar-refractivity contribution in [2.75, 3.05) is 13.2 Å². The summed E-state index contributed by atoms with van der Waals surface area (Å²) >= 11 is 0. The molecule has 2 atom stereocenters. The molecule has 27 heavy (non-hydrogen) atoms. The predicted molar refractivity (Wildman–Crippen MR) is 88.4 cm³/mol. The van der Waals surface area contributed by atoms with E-state index in [2.05, 4.69) is 5.32 Å². The van der Waals surface area contributed by atoms with E-state index >= 15 is 0 Å². The molecule has 0 amide bonds. The van der Waals surface area contributed by atoms with Crippen molar-refractivity contribution in [2.45, 2.75) is 18.0 Å². The van der Waals surface area contributed by atoms with Gasteiger partial charge in [0.15, 0.2) is 0 Å². The van der Waals surface area contributed by atoms with Gasteiger partial charge in [0, 0.05) is 12.1 Å². The number of alkyl halides is 3. The van der Waals surface area contributed by atoms with Gasteiger partial charge in [0.05, 0.1) is 23.3 Å². The second kappa shape index (κ2) is 7.28. The molecule has 1 aliphatic heterocycles. The van der Waals surface area contributed by atoms with Crippen LogP contribution in [0.2, 0.25) is 0 Å². The molecular weight excluding hydrogens is 359 g/mol. The zero-order valence-electron chi connectivity index (χ0n) is 14.0. The number of nitriles is 2. The van der Waals surface area contributed by atoms with E-state index in [1.165, 1.54) is 24.3 Å². The van der Waals surface area contributed by atoms with E-state index < -0.39 is 18.0 Å². The molecule has 0 unspecified atom stereocenters. The van der Waals surface area contributed by atoms with Crippen LogP contribution in [-0.2, 0) is 10.5 Å². The molecule has 0 bridgehead atoms. The van der Waals surface area contributed by atoms with Gasteiger partial charge in [-0.1, -0.05) is 18.2 Å². The Balaban J connectivity index is 1.79. The zero-order chi connectivity index (χ0) is 19.5. The largest absolute Gasteiger partial charge is 0.491 e. The van der Waals surface area contributed by atoms with E-state index in [9.17, 15) is 18.4 Å². The van der Waals surface area contributed by atoms with Crippen LogP contribution in [0.4, 0.5) is 13.2 Å². The van der Waals surface area contributed by atoms with Crippen LogP contribution in [0.5, 0.6) is 5.75 Å². The lowest BCUT2D eigenvalue weighted by Crippen LogP contribution is -2.51. The molecule has 0 saturated carbocycles. The molecule has 1 N–H and O–H groups in total. The number of benzene rings is 2. The van der Waals surface area contributed by atoms with Crippen LogP contribution in [0, 0.1) is 22.7 Å². The Morgan fingerprint density at radius 1 is 1.11 bits per heavy atom. The molecule has 0 aromatic heterocycles. The highest BCUT2D eigenvalue weighted by atomic mass is 19.4. The van der Waals surface area contributed by atoms with E-state index in [1.807, 2.05) is 6.07 Å². The third kappa shape index (κ3) is 3.59. The summed E-state index contributed by atoms with van der Waals surface area (Å²) in [6.07, 6.45) is -5.66. The average Bonchev–Trinajstić information content (AvgIpc) is 3.12. The van der Waals surface area contributed by atoms with Gasteiger partial charge >= 0.3 is 6.18 Å². The van der Waals surface area contributed by atoms with Crippen LogP contribution in [0.3, 0.4) is 0 Å². The van der Waals surface area contributed by atoms with Crippen molar-refractivity contribution in [3.8, 4) is 17.9 Å². The maximum Gasteiger partial charge on any atom is 0.435 e. The Labute approximate surface area is 153 Å². The number of rotatable bonds is 4. The van der Waals surface area contributed by atoms with Gasteiger partial charge in [0.1, 0.15) is 18.5 Å². The monoisotopic (exact) mass is 373 g/mol. The molecule has 2 aromatic rings. The number of halogens is 3.